The van der Waals surface area contributed by atoms with E-state index in [9.17, 15) is 9.59 Å². The molecule has 0 unspecified atom stereocenters. The lowest BCUT2D eigenvalue weighted by molar-refractivity contribution is -0.146. The maximum atomic E-state index is 12.1. The van der Waals surface area contributed by atoms with Crippen molar-refractivity contribution < 1.29 is 23.5 Å². The number of halogens is 1. The number of carbonyl (C=O) groups excluding carboxylic acids is 2. The number of esters is 1. The highest BCUT2D eigenvalue weighted by atomic mass is 35.5. The van der Waals surface area contributed by atoms with Gasteiger partial charge in [0.1, 0.15) is 12.0 Å². The van der Waals surface area contributed by atoms with Crippen LogP contribution in [0.2, 0.25) is 5.02 Å². The highest BCUT2D eigenvalue weighted by molar-refractivity contribution is 6.31. The number of nitrogens with one attached hydrogen (secondary N) is 1. The maximum absolute atomic E-state index is 12.1. The van der Waals surface area contributed by atoms with Gasteiger partial charge in [-0.2, -0.15) is 0 Å². The van der Waals surface area contributed by atoms with E-state index in [1.165, 1.54) is 13.4 Å². The minimum absolute atomic E-state index is 0.104. The number of aryl methyl sites for hydroxylation is 1. The Hall–Kier alpha value is -3.32. The zero-order chi connectivity index (χ0) is 20.8. The summed E-state index contributed by atoms with van der Waals surface area (Å²) in [5.74, 6) is -0.261. The van der Waals surface area contributed by atoms with E-state index in [1.807, 2.05) is 30.3 Å². The molecule has 1 heterocycles. The van der Waals surface area contributed by atoms with Gasteiger partial charge in [-0.15, -0.1) is 0 Å². The van der Waals surface area contributed by atoms with Crippen LogP contribution in [0.15, 0.2) is 53.1 Å². The first-order chi connectivity index (χ1) is 14.0. The van der Waals surface area contributed by atoms with E-state index in [2.05, 4.69) is 10.3 Å². The van der Waals surface area contributed by atoms with Gasteiger partial charge in [0, 0.05) is 16.7 Å². The number of aromatic nitrogens is 1. The minimum atomic E-state index is -0.590. The summed E-state index contributed by atoms with van der Waals surface area (Å²) in [6, 6.07) is 12.6. The molecule has 7 nitrogen and oxygen atoms in total. The van der Waals surface area contributed by atoms with Crippen LogP contribution in [-0.2, 0) is 20.7 Å². The maximum Gasteiger partial charge on any atom is 0.312 e. The molecule has 0 aliphatic heterocycles. The smallest absolute Gasteiger partial charge is 0.312 e. The molecule has 1 amide bonds. The van der Waals surface area contributed by atoms with Gasteiger partial charge in [0.15, 0.2) is 6.61 Å². The standard InChI is InChI=1S/C21H19ClN2O5/c1-13-8-17(18(27-2)10-16(13)22)24-19(25)12-28-20(26)9-15-11-29-21(23-15)14-6-4-3-5-7-14/h3-8,10-11H,9,12H2,1-2H3,(H,24,25). The number of methoxy groups -OCH3 is 1. The van der Waals surface area contributed by atoms with Crippen molar-refractivity contribution >= 4 is 29.2 Å². The van der Waals surface area contributed by atoms with Gasteiger partial charge in [-0.1, -0.05) is 29.8 Å². The quantitative estimate of drug-likeness (QED) is 0.587. The zero-order valence-electron chi connectivity index (χ0n) is 15.9. The van der Waals surface area contributed by atoms with Crippen molar-refractivity contribution in [3.8, 4) is 17.2 Å². The zero-order valence-corrected chi connectivity index (χ0v) is 16.7. The van der Waals surface area contributed by atoms with Crippen molar-refractivity contribution in [1.82, 2.24) is 4.98 Å². The molecule has 0 saturated carbocycles. The lowest BCUT2D eigenvalue weighted by atomic mass is 10.2. The predicted octanol–water partition coefficient (Wildman–Crippen LogP) is 4.04. The monoisotopic (exact) mass is 414 g/mol. The fourth-order valence-corrected chi connectivity index (χ4v) is 2.72. The van der Waals surface area contributed by atoms with E-state index in [1.54, 1.807) is 19.1 Å². The van der Waals surface area contributed by atoms with Crippen molar-refractivity contribution in [2.45, 2.75) is 13.3 Å². The molecular weight excluding hydrogens is 396 g/mol. The Labute approximate surface area is 172 Å². The van der Waals surface area contributed by atoms with Crippen LogP contribution in [0, 0.1) is 6.92 Å². The minimum Gasteiger partial charge on any atom is -0.495 e. The number of hydrogen-bond donors (Lipinski definition) is 1. The molecule has 1 aromatic heterocycles. The number of anilines is 1. The molecule has 3 aromatic rings. The molecule has 0 atom stereocenters. The first-order valence-corrected chi connectivity index (χ1v) is 9.13. The number of nitrogens with zero attached hydrogens (tertiary/aromatic N) is 1. The molecule has 0 aliphatic carbocycles. The third kappa shape index (κ3) is 5.36. The Morgan fingerprint density at radius 3 is 2.69 bits per heavy atom. The van der Waals surface area contributed by atoms with Gasteiger partial charge < -0.3 is 19.2 Å². The normalized spacial score (nSPS) is 10.4. The molecule has 0 spiro atoms. The van der Waals surface area contributed by atoms with Crippen LogP contribution in [-0.4, -0.2) is 30.6 Å². The third-order valence-electron chi connectivity index (χ3n) is 4.02. The summed E-state index contributed by atoms with van der Waals surface area (Å²) in [5.41, 5.74) is 2.45. The fraction of sp³-hybridized carbons (Fsp3) is 0.190. The van der Waals surface area contributed by atoms with E-state index in [-0.39, 0.29) is 6.42 Å². The molecule has 0 radical (unpaired) electrons. The number of ether oxygens (including phenoxy) is 2. The summed E-state index contributed by atoms with van der Waals surface area (Å²) >= 11 is 6.05. The molecule has 0 fully saturated rings. The van der Waals surface area contributed by atoms with Crippen LogP contribution in [0.5, 0.6) is 5.75 Å². The molecule has 150 valence electrons. The van der Waals surface area contributed by atoms with Gasteiger partial charge in [0.25, 0.3) is 5.91 Å². The van der Waals surface area contributed by atoms with E-state index < -0.39 is 18.5 Å². The Morgan fingerprint density at radius 2 is 1.97 bits per heavy atom. The second-order valence-electron chi connectivity index (χ2n) is 6.20. The third-order valence-corrected chi connectivity index (χ3v) is 4.42. The number of rotatable bonds is 7. The summed E-state index contributed by atoms with van der Waals surface area (Å²) in [6.07, 6.45) is 1.29. The number of amides is 1. The SMILES string of the molecule is COc1cc(Cl)c(C)cc1NC(=O)COC(=O)Cc1coc(-c2ccccc2)n1. The molecular formula is C21H19ClN2O5. The molecule has 3 rings (SSSR count). The summed E-state index contributed by atoms with van der Waals surface area (Å²) < 4.78 is 15.6. The highest BCUT2D eigenvalue weighted by Gasteiger charge is 2.15. The molecule has 29 heavy (non-hydrogen) atoms. The summed E-state index contributed by atoms with van der Waals surface area (Å²) in [4.78, 5) is 28.4. The molecule has 1 N–H and O–H groups in total. The summed E-state index contributed by atoms with van der Waals surface area (Å²) in [5, 5.41) is 3.16. The number of hydrogen-bond acceptors (Lipinski definition) is 6. The largest absolute Gasteiger partial charge is 0.495 e. The van der Waals surface area contributed by atoms with Crippen LogP contribution < -0.4 is 10.1 Å². The second-order valence-corrected chi connectivity index (χ2v) is 6.60. The molecule has 8 heteroatoms. The lowest BCUT2D eigenvalue weighted by Gasteiger charge is -2.12. The van der Waals surface area contributed by atoms with Gasteiger partial charge in [-0.25, -0.2) is 4.98 Å². The van der Waals surface area contributed by atoms with Crippen LogP contribution in [0.1, 0.15) is 11.3 Å². The van der Waals surface area contributed by atoms with E-state index >= 15 is 0 Å². The molecule has 2 aromatic carbocycles. The first kappa shape index (κ1) is 20.4. The topological polar surface area (TPSA) is 90.7 Å². The Morgan fingerprint density at radius 1 is 1.21 bits per heavy atom. The van der Waals surface area contributed by atoms with E-state index in [0.717, 1.165) is 11.1 Å². The number of carbonyl (C=O) groups is 2. The van der Waals surface area contributed by atoms with E-state index in [0.29, 0.717) is 28.0 Å². The highest BCUT2D eigenvalue weighted by Crippen LogP contribution is 2.30. The van der Waals surface area contributed by atoms with Crippen LogP contribution >= 0.6 is 11.6 Å². The van der Waals surface area contributed by atoms with Crippen LogP contribution in [0.4, 0.5) is 5.69 Å². The Balaban J connectivity index is 1.53. The Kier molecular flexibility index (Phi) is 6.51. The summed E-state index contributed by atoms with van der Waals surface area (Å²) in [6.45, 7) is 1.37. The van der Waals surface area contributed by atoms with Gasteiger partial charge in [-0.3, -0.25) is 9.59 Å². The van der Waals surface area contributed by atoms with Crippen molar-refractivity contribution in [3.05, 3.63) is 65.0 Å². The fourth-order valence-electron chi connectivity index (χ4n) is 2.56. The van der Waals surface area contributed by atoms with Crippen LogP contribution in [0.25, 0.3) is 11.5 Å². The van der Waals surface area contributed by atoms with Crippen molar-refractivity contribution in [2.24, 2.45) is 0 Å². The first-order valence-electron chi connectivity index (χ1n) is 8.75. The average molecular weight is 415 g/mol. The van der Waals surface area contributed by atoms with Gasteiger partial charge in [0.2, 0.25) is 5.89 Å². The number of benzene rings is 2. The van der Waals surface area contributed by atoms with Gasteiger partial charge in [0.05, 0.1) is 24.9 Å². The summed E-state index contributed by atoms with van der Waals surface area (Å²) in [7, 11) is 1.47. The van der Waals surface area contributed by atoms with Crippen LogP contribution in [0.3, 0.4) is 0 Å². The number of oxazole rings is 1. The van der Waals surface area contributed by atoms with Crippen molar-refractivity contribution in [3.63, 3.8) is 0 Å². The Bertz CT molecular complexity index is 1020. The molecule has 0 aliphatic rings. The predicted molar refractivity (Wildman–Crippen MR) is 108 cm³/mol. The van der Waals surface area contributed by atoms with Gasteiger partial charge >= 0.3 is 5.97 Å². The average Bonchev–Trinajstić information content (AvgIpc) is 3.18. The lowest BCUT2D eigenvalue weighted by Crippen LogP contribution is -2.22. The second kappa shape index (κ2) is 9.25. The molecule has 0 bridgehead atoms. The molecule has 0 saturated heterocycles. The van der Waals surface area contributed by atoms with Gasteiger partial charge in [-0.05, 0) is 30.7 Å². The van der Waals surface area contributed by atoms with Crippen molar-refractivity contribution in [2.75, 3.05) is 19.0 Å². The van der Waals surface area contributed by atoms with E-state index in [4.69, 9.17) is 25.5 Å². The van der Waals surface area contributed by atoms with Crippen molar-refractivity contribution in [1.29, 1.82) is 0 Å².